The first-order chi connectivity index (χ1) is 19.2. The Kier molecular flexibility index (Phi) is 12.1. The summed E-state index contributed by atoms with van der Waals surface area (Å²) in [5.74, 6) is 0. The van der Waals surface area contributed by atoms with Crippen molar-refractivity contribution in [1.82, 2.24) is 0 Å². The minimum atomic E-state index is -0.102. The van der Waals surface area contributed by atoms with Crippen molar-refractivity contribution in [3.63, 3.8) is 0 Å². The molecule has 0 spiro atoms. The van der Waals surface area contributed by atoms with E-state index in [-0.39, 0.29) is 10.8 Å². The van der Waals surface area contributed by atoms with Gasteiger partial charge in [0.15, 0.2) is 0 Å². The first-order valence-corrected chi connectivity index (χ1v) is 15.9. The third-order valence-corrected chi connectivity index (χ3v) is 8.93. The van der Waals surface area contributed by atoms with Crippen LogP contribution in [-0.4, -0.2) is 6.54 Å². The van der Waals surface area contributed by atoms with Crippen LogP contribution in [0.15, 0.2) is 96.8 Å². The van der Waals surface area contributed by atoms with E-state index in [1.165, 1.54) is 92.3 Å². The van der Waals surface area contributed by atoms with Crippen LogP contribution in [0.3, 0.4) is 0 Å². The zero-order valence-electron chi connectivity index (χ0n) is 26.4. The molecule has 1 aliphatic heterocycles. The van der Waals surface area contributed by atoms with Gasteiger partial charge in [0.05, 0.1) is 0 Å². The number of fused-ring (bicyclic) bond motifs is 1. The fraction of sp³-hybridized carbons (Fsp3) is 0.487. The normalized spacial score (nSPS) is 15.9. The Bertz CT molecular complexity index is 1170. The average molecular weight is 538 g/mol. The Morgan fingerprint density at radius 1 is 0.800 bits per heavy atom. The maximum atomic E-state index is 4.41. The molecule has 3 rings (SSSR count). The van der Waals surface area contributed by atoms with Crippen molar-refractivity contribution in [3.8, 4) is 0 Å². The van der Waals surface area contributed by atoms with Crippen LogP contribution in [-0.2, 0) is 10.8 Å². The summed E-state index contributed by atoms with van der Waals surface area (Å²) in [6.07, 6.45) is 24.7. The molecule has 0 saturated heterocycles. The number of hydrogen-bond acceptors (Lipinski definition) is 1. The molecule has 0 bridgehead atoms. The van der Waals surface area contributed by atoms with Gasteiger partial charge in [0, 0.05) is 28.8 Å². The number of hydrogen-bond donors (Lipinski definition) is 0. The molecule has 0 radical (unpaired) electrons. The number of aryl methyl sites for hydroxylation is 1. The van der Waals surface area contributed by atoms with Crippen molar-refractivity contribution in [2.75, 3.05) is 11.4 Å². The molecule has 216 valence electrons. The van der Waals surface area contributed by atoms with Gasteiger partial charge >= 0.3 is 0 Å². The van der Waals surface area contributed by atoms with Crippen molar-refractivity contribution in [3.05, 3.63) is 113 Å². The van der Waals surface area contributed by atoms with Crippen molar-refractivity contribution in [2.45, 2.75) is 117 Å². The lowest BCUT2D eigenvalue weighted by atomic mass is 9.76. The molecule has 1 aliphatic rings. The van der Waals surface area contributed by atoms with E-state index in [9.17, 15) is 0 Å². The third kappa shape index (κ3) is 8.12. The van der Waals surface area contributed by atoms with Crippen LogP contribution in [0.4, 0.5) is 5.69 Å². The summed E-state index contributed by atoms with van der Waals surface area (Å²) in [6.45, 7) is 19.2. The molecule has 0 aromatic heterocycles. The van der Waals surface area contributed by atoms with E-state index in [1.54, 1.807) is 0 Å². The molecule has 1 heteroatoms. The molecule has 0 aliphatic carbocycles. The summed E-state index contributed by atoms with van der Waals surface area (Å²) >= 11 is 0. The Hall–Kier alpha value is -2.80. The summed E-state index contributed by atoms with van der Waals surface area (Å²) in [5.41, 5.74) is 7.88. The van der Waals surface area contributed by atoms with Gasteiger partial charge in [-0.05, 0) is 47.8 Å². The van der Waals surface area contributed by atoms with Crippen molar-refractivity contribution in [1.29, 1.82) is 0 Å². The number of unbranched alkanes of at least 4 members (excludes halogenated alkanes) is 9. The summed E-state index contributed by atoms with van der Waals surface area (Å²) < 4.78 is 0. The molecule has 0 unspecified atom stereocenters. The number of para-hydroxylation sites is 1. The number of allylic oxidation sites excluding steroid dienone is 7. The van der Waals surface area contributed by atoms with Crippen LogP contribution in [0.25, 0.3) is 0 Å². The number of rotatable bonds is 16. The Morgan fingerprint density at radius 3 is 2.08 bits per heavy atom. The van der Waals surface area contributed by atoms with Crippen LogP contribution in [0.1, 0.15) is 116 Å². The van der Waals surface area contributed by atoms with E-state index < -0.39 is 0 Å². The highest BCUT2D eigenvalue weighted by atomic mass is 15.2. The minimum Gasteiger partial charge on any atom is -0.344 e. The molecule has 0 fully saturated rings. The molecule has 0 atom stereocenters. The van der Waals surface area contributed by atoms with Gasteiger partial charge in [0.25, 0.3) is 0 Å². The lowest BCUT2D eigenvalue weighted by Crippen LogP contribution is -2.27. The topological polar surface area (TPSA) is 3.24 Å². The summed E-state index contributed by atoms with van der Waals surface area (Å²) in [5, 5.41) is 0. The molecule has 0 N–H and O–H groups in total. The van der Waals surface area contributed by atoms with Gasteiger partial charge in [-0.1, -0.05) is 166 Å². The van der Waals surface area contributed by atoms with E-state index in [1.807, 2.05) is 0 Å². The Morgan fingerprint density at radius 2 is 1.40 bits per heavy atom. The summed E-state index contributed by atoms with van der Waals surface area (Å²) in [4.78, 5) is 2.58. The number of nitrogens with zero attached hydrogens (tertiary/aromatic N) is 1. The predicted molar refractivity (Wildman–Crippen MR) is 178 cm³/mol. The van der Waals surface area contributed by atoms with E-state index in [4.69, 9.17) is 0 Å². The van der Waals surface area contributed by atoms with Gasteiger partial charge in [0.1, 0.15) is 0 Å². The van der Waals surface area contributed by atoms with Gasteiger partial charge in [-0.3, -0.25) is 0 Å². The number of anilines is 1. The predicted octanol–water partition coefficient (Wildman–Crippen LogP) is 11.5. The largest absolute Gasteiger partial charge is 0.344 e. The fourth-order valence-electron chi connectivity index (χ4n) is 6.18. The Balaban J connectivity index is 1.61. The first-order valence-electron chi connectivity index (χ1n) is 15.9. The van der Waals surface area contributed by atoms with Crippen LogP contribution in [0, 0.1) is 6.92 Å². The zero-order valence-corrected chi connectivity index (χ0v) is 26.4. The molecule has 0 amide bonds. The third-order valence-electron chi connectivity index (χ3n) is 8.93. The SMILES string of the molecule is C=C(/C=C/C=C/C=C1/N(CCCCCCCCCCCC)c2ccccc2C1(C)C)C(C)(C)c1ccccc1C. The monoisotopic (exact) mass is 537 g/mol. The highest BCUT2D eigenvalue weighted by Gasteiger charge is 2.39. The van der Waals surface area contributed by atoms with Crippen LogP contribution in [0.5, 0.6) is 0 Å². The molecule has 0 saturated carbocycles. The molecular formula is C39H55N. The van der Waals surface area contributed by atoms with Crippen LogP contribution < -0.4 is 4.90 Å². The summed E-state index contributed by atoms with van der Waals surface area (Å²) in [6, 6.07) is 17.6. The van der Waals surface area contributed by atoms with Gasteiger partial charge in [-0.15, -0.1) is 0 Å². The lowest BCUT2D eigenvalue weighted by molar-refractivity contribution is 0.554. The second-order valence-corrected chi connectivity index (χ2v) is 12.7. The first kappa shape index (κ1) is 31.7. The van der Waals surface area contributed by atoms with Gasteiger partial charge in [0.2, 0.25) is 0 Å². The Labute approximate surface area is 246 Å². The lowest BCUT2D eigenvalue weighted by Gasteiger charge is -2.28. The van der Waals surface area contributed by atoms with Crippen molar-refractivity contribution < 1.29 is 0 Å². The van der Waals surface area contributed by atoms with Gasteiger partial charge in [-0.25, -0.2) is 0 Å². The molecule has 2 aromatic carbocycles. The maximum Gasteiger partial charge on any atom is 0.0450 e. The molecule has 2 aromatic rings. The van der Waals surface area contributed by atoms with Crippen LogP contribution in [0.2, 0.25) is 0 Å². The van der Waals surface area contributed by atoms with Crippen molar-refractivity contribution >= 4 is 5.69 Å². The zero-order chi connectivity index (χ0) is 29.0. The van der Waals surface area contributed by atoms with E-state index in [2.05, 4.69) is 132 Å². The molecule has 40 heavy (non-hydrogen) atoms. The summed E-state index contributed by atoms with van der Waals surface area (Å²) in [7, 11) is 0. The van der Waals surface area contributed by atoms with Crippen molar-refractivity contribution in [2.24, 2.45) is 0 Å². The number of benzene rings is 2. The second-order valence-electron chi connectivity index (χ2n) is 12.7. The quantitative estimate of drug-likeness (QED) is 0.152. The maximum absolute atomic E-state index is 4.41. The smallest absolute Gasteiger partial charge is 0.0450 e. The average Bonchev–Trinajstić information content (AvgIpc) is 3.15. The minimum absolute atomic E-state index is 0.000435. The van der Waals surface area contributed by atoms with Gasteiger partial charge < -0.3 is 4.90 Å². The van der Waals surface area contributed by atoms with E-state index >= 15 is 0 Å². The molecule has 1 nitrogen and oxygen atoms in total. The van der Waals surface area contributed by atoms with Gasteiger partial charge in [-0.2, -0.15) is 0 Å². The van der Waals surface area contributed by atoms with E-state index in [0.717, 1.165) is 12.1 Å². The molecular weight excluding hydrogens is 482 g/mol. The highest BCUT2D eigenvalue weighted by molar-refractivity contribution is 5.70. The highest BCUT2D eigenvalue weighted by Crippen LogP contribution is 2.47. The van der Waals surface area contributed by atoms with E-state index in [0.29, 0.717) is 0 Å². The molecule has 1 heterocycles. The standard InChI is InChI=1S/C39H55N/c1-8-9-10-11-12-13-14-15-16-24-31-40-36-29-23-22-28-35(36)39(6,7)37(40)30-19-17-18-26-33(3)38(4,5)34-27-21-20-25-32(34)2/h17-23,25-30H,3,8-16,24,31H2,1-2,4-7H3/b19-17+,26-18+,37-30+. The fourth-order valence-corrected chi connectivity index (χ4v) is 6.18. The second kappa shape index (κ2) is 15.3. The van der Waals surface area contributed by atoms with Crippen LogP contribution >= 0.6 is 0 Å².